The molecule has 1 unspecified atom stereocenters. The molecule has 2 aromatic rings. The highest BCUT2D eigenvalue weighted by molar-refractivity contribution is 5.98. The van der Waals surface area contributed by atoms with Gasteiger partial charge in [-0.05, 0) is 43.9 Å². The second-order valence-electron chi connectivity index (χ2n) is 7.23. The number of benzene rings is 2. The van der Waals surface area contributed by atoms with Crippen molar-refractivity contribution in [2.75, 3.05) is 13.7 Å². The van der Waals surface area contributed by atoms with Crippen molar-refractivity contribution in [3.05, 3.63) is 65.2 Å². The molecular weight excluding hydrogens is 338 g/mol. The summed E-state index contributed by atoms with van der Waals surface area (Å²) in [5.41, 5.74) is 2.98. The summed E-state index contributed by atoms with van der Waals surface area (Å²) in [5.74, 6) is 0.958. The van der Waals surface area contributed by atoms with Crippen LogP contribution in [-0.4, -0.2) is 36.3 Å². The second-order valence-corrected chi connectivity index (χ2v) is 7.23. The van der Waals surface area contributed by atoms with E-state index >= 15 is 0 Å². The Hall–Kier alpha value is -2.62. The van der Waals surface area contributed by atoms with Gasteiger partial charge in [0.05, 0.1) is 7.11 Å². The maximum Gasteiger partial charge on any atom is 0.223 e. The number of hydrogen-bond acceptors (Lipinski definition) is 3. The molecule has 1 amide bonds. The van der Waals surface area contributed by atoms with Crippen molar-refractivity contribution in [2.45, 2.75) is 45.1 Å². The van der Waals surface area contributed by atoms with Gasteiger partial charge in [-0.2, -0.15) is 0 Å². The summed E-state index contributed by atoms with van der Waals surface area (Å²) in [7, 11) is 1.66. The molecule has 0 aliphatic carbocycles. The van der Waals surface area contributed by atoms with Crippen LogP contribution in [0.5, 0.6) is 5.75 Å². The van der Waals surface area contributed by atoms with Gasteiger partial charge in [0, 0.05) is 31.0 Å². The first kappa shape index (κ1) is 19.2. The lowest BCUT2D eigenvalue weighted by Gasteiger charge is -2.25. The van der Waals surface area contributed by atoms with Crippen molar-refractivity contribution >= 4 is 11.7 Å². The summed E-state index contributed by atoms with van der Waals surface area (Å²) in [6.45, 7) is 2.78. The lowest BCUT2D eigenvalue weighted by atomic mass is 10.0. The van der Waals surface area contributed by atoms with Crippen LogP contribution in [0.1, 0.15) is 47.2 Å². The highest BCUT2D eigenvalue weighted by Crippen LogP contribution is 2.24. The van der Waals surface area contributed by atoms with E-state index in [4.69, 9.17) is 4.74 Å². The number of carbonyl (C=O) groups excluding carboxylic acids is 2. The molecule has 0 saturated carbocycles. The fourth-order valence-electron chi connectivity index (χ4n) is 3.70. The molecule has 4 nitrogen and oxygen atoms in total. The van der Waals surface area contributed by atoms with Crippen molar-refractivity contribution < 1.29 is 14.3 Å². The molecule has 3 rings (SSSR count). The second kappa shape index (κ2) is 8.85. The molecule has 1 saturated heterocycles. The summed E-state index contributed by atoms with van der Waals surface area (Å²) in [4.78, 5) is 27.0. The minimum atomic E-state index is 0.0342. The van der Waals surface area contributed by atoms with Crippen LogP contribution in [0.3, 0.4) is 0 Å². The van der Waals surface area contributed by atoms with Crippen molar-refractivity contribution in [3.63, 3.8) is 0 Å². The average molecular weight is 365 g/mol. The van der Waals surface area contributed by atoms with Gasteiger partial charge >= 0.3 is 0 Å². The number of ether oxygens (including phenoxy) is 1. The zero-order chi connectivity index (χ0) is 19.2. The number of likely N-dealkylation sites (tertiary alicyclic amines) is 1. The van der Waals surface area contributed by atoms with E-state index in [1.807, 2.05) is 54.3 Å². The van der Waals surface area contributed by atoms with Gasteiger partial charge in [-0.1, -0.05) is 42.0 Å². The highest BCUT2D eigenvalue weighted by atomic mass is 16.5. The van der Waals surface area contributed by atoms with E-state index in [1.165, 1.54) is 5.56 Å². The zero-order valence-corrected chi connectivity index (χ0v) is 16.1. The van der Waals surface area contributed by atoms with Crippen LogP contribution in [-0.2, 0) is 11.2 Å². The van der Waals surface area contributed by atoms with E-state index in [0.29, 0.717) is 5.56 Å². The average Bonchev–Trinajstić information content (AvgIpc) is 3.14. The van der Waals surface area contributed by atoms with Crippen LogP contribution in [0, 0.1) is 6.92 Å². The molecule has 0 spiro atoms. The number of nitrogens with zero attached hydrogens (tertiary/aromatic N) is 1. The summed E-state index contributed by atoms with van der Waals surface area (Å²) in [6.07, 6.45) is 3.40. The molecule has 1 heterocycles. The van der Waals surface area contributed by atoms with E-state index in [0.717, 1.165) is 37.1 Å². The quantitative estimate of drug-likeness (QED) is 0.691. The van der Waals surface area contributed by atoms with Crippen molar-refractivity contribution in [2.24, 2.45) is 0 Å². The van der Waals surface area contributed by atoms with Crippen LogP contribution in [0.25, 0.3) is 0 Å². The van der Waals surface area contributed by atoms with Gasteiger partial charge in [0.1, 0.15) is 5.75 Å². The zero-order valence-electron chi connectivity index (χ0n) is 16.1. The number of ketones is 1. The van der Waals surface area contributed by atoms with Crippen LogP contribution >= 0.6 is 0 Å². The molecule has 0 bridgehead atoms. The van der Waals surface area contributed by atoms with Gasteiger partial charge in [-0.3, -0.25) is 9.59 Å². The number of Topliss-reactive ketones (excluding diaryl/α,β-unsaturated/α-hetero) is 1. The van der Waals surface area contributed by atoms with Gasteiger partial charge in [0.2, 0.25) is 5.91 Å². The number of amides is 1. The summed E-state index contributed by atoms with van der Waals surface area (Å²) in [6, 6.07) is 15.8. The lowest BCUT2D eigenvalue weighted by molar-refractivity contribution is -0.131. The molecule has 1 fully saturated rings. The number of aryl methyl sites for hydroxylation is 1. The van der Waals surface area contributed by atoms with E-state index in [1.54, 1.807) is 7.11 Å². The predicted molar refractivity (Wildman–Crippen MR) is 106 cm³/mol. The number of rotatable bonds is 7. The normalized spacial score (nSPS) is 16.4. The Balaban J connectivity index is 1.56. The Morgan fingerprint density at radius 1 is 1.11 bits per heavy atom. The largest absolute Gasteiger partial charge is 0.497 e. The van der Waals surface area contributed by atoms with Gasteiger partial charge in [-0.25, -0.2) is 0 Å². The molecule has 1 atom stereocenters. The molecular formula is C23H27NO3. The monoisotopic (exact) mass is 365 g/mol. The minimum absolute atomic E-state index is 0.0342. The Morgan fingerprint density at radius 2 is 1.89 bits per heavy atom. The van der Waals surface area contributed by atoms with Gasteiger partial charge in [0.15, 0.2) is 5.78 Å². The Bertz CT molecular complexity index is 798. The summed E-state index contributed by atoms with van der Waals surface area (Å²) < 4.78 is 5.29. The Labute approximate surface area is 161 Å². The lowest BCUT2D eigenvalue weighted by Crippen LogP contribution is -2.36. The Kier molecular flexibility index (Phi) is 6.28. The molecule has 0 radical (unpaired) electrons. The fraction of sp³-hybridized carbons (Fsp3) is 0.391. The van der Waals surface area contributed by atoms with E-state index < -0.39 is 0 Å². The van der Waals surface area contributed by atoms with Gasteiger partial charge in [0.25, 0.3) is 0 Å². The maximum atomic E-state index is 12.7. The summed E-state index contributed by atoms with van der Waals surface area (Å²) in [5, 5.41) is 0. The molecule has 1 aliphatic rings. The van der Waals surface area contributed by atoms with E-state index in [2.05, 4.69) is 6.07 Å². The molecule has 27 heavy (non-hydrogen) atoms. The third-order valence-corrected chi connectivity index (χ3v) is 5.24. The summed E-state index contributed by atoms with van der Waals surface area (Å²) >= 11 is 0. The SMILES string of the molecule is COc1cccc(CC2CCCN2C(=O)CCC(=O)c2ccc(C)cc2)c1. The van der Waals surface area contributed by atoms with Crippen LogP contribution in [0.15, 0.2) is 48.5 Å². The number of hydrogen-bond donors (Lipinski definition) is 0. The van der Waals surface area contributed by atoms with Crippen molar-refractivity contribution in [1.29, 1.82) is 0 Å². The first-order valence-corrected chi connectivity index (χ1v) is 9.59. The smallest absolute Gasteiger partial charge is 0.223 e. The molecule has 2 aromatic carbocycles. The van der Waals surface area contributed by atoms with E-state index in [-0.39, 0.29) is 30.6 Å². The van der Waals surface area contributed by atoms with Gasteiger partial charge < -0.3 is 9.64 Å². The third-order valence-electron chi connectivity index (χ3n) is 5.24. The van der Waals surface area contributed by atoms with Crippen LogP contribution in [0.4, 0.5) is 0 Å². The minimum Gasteiger partial charge on any atom is -0.497 e. The number of methoxy groups -OCH3 is 1. The molecule has 142 valence electrons. The first-order chi connectivity index (χ1) is 13.1. The topological polar surface area (TPSA) is 46.6 Å². The third kappa shape index (κ3) is 4.97. The highest BCUT2D eigenvalue weighted by Gasteiger charge is 2.28. The first-order valence-electron chi connectivity index (χ1n) is 9.59. The fourth-order valence-corrected chi connectivity index (χ4v) is 3.70. The van der Waals surface area contributed by atoms with E-state index in [9.17, 15) is 9.59 Å². The van der Waals surface area contributed by atoms with Gasteiger partial charge in [-0.15, -0.1) is 0 Å². The van der Waals surface area contributed by atoms with Crippen LogP contribution in [0.2, 0.25) is 0 Å². The maximum absolute atomic E-state index is 12.7. The standard InChI is InChI=1S/C23H27NO3/c1-17-8-10-19(11-9-17)22(25)12-13-23(26)24-14-4-6-20(24)15-18-5-3-7-21(16-18)27-2/h3,5,7-11,16,20H,4,6,12-15H2,1-2H3. The Morgan fingerprint density at radius 3 is 2.63 bits per heavy atom. The molecule has 0 aromatic heterocycles. The van der Waals surface area contributed by atoms with Crippen LogP contribution < -0.4 is 4.74 Å². The van der Waals surface area contributed by atoms with Crippen molar-refractivity contribution in [1.82, 2.24) is 4.90 Å². The molecule has 1 aliphatic heterocycles. The van der Waals surface area contributed by atoms with Crippen molar-refractivity contribution in [3.8, 4) is 5.75 Å². The number of carbonyl (C=O) groups is 2. The predicted octanol–water partition coefficient (Wildman–Crippen LogP) is 4.20. The molecule has 4 heteroatoms. The molecule has 0 N–H and O–H groups in total.